The van der Waals surface area contributed by atoms with E-state index in [0.717, 1.165) is 29.7 Å². The van der Waals surface area contributed by atoms with Gasteiger partial charge in [0.1, 0.15) is 0 Å². The molecule has 1 aliphatic rings. The van der Waals surface area contributed by atoms with Gasteiger partial charge in [-0.1, -0.05) is 24.3 Å². The summed E-state index contributed by atoms with van der Waals surface area (Å²) in [6.07, 6.45) is 5.93. The van der Waals surface area contributed by atoms with Crippen LogP contribution in [-0.4, -0.2) is 10.9 Å². The number of hydrogen-bond acceptors (Lipinski definition) is 2. The van der Waals surface area contributed by atoms with E-state index in [4.69, 9.17) is 0 Å². The van der Waals surface area contributed by atoms with Crippen LogP contribution >= 0.6 is 11.3 Å². The molecule has 1 aliphatic heterocycles. The molecule has 3 heteroatoms. The molecule has 0 fully saturated rings. The van der Waals surface area contributed by atoms with Crippen molar-refractivity contribution in [3.8, 4) is 0 Å². The van der Waals surface area contributed by atoms with Gasteiger partial charge >= 0.3 is 0 Å². The quantitative estimate of drug-likeness (QED) is 0.504. The van der Waals surface area contributed by atoms with Crippen molar-refractivity contribution in [1.82, 2.24) is 4.57 Å². The Bertz CT molecular complexity index is 840. The predicted octanol–water partition coefficient (Wildman–Crippen LogP) is 4.31. The molecule has 3 heterocycles. The summed E-state index contributed by atoms with van der Waals surface area (Å²) in [5, 5.41) is 4.22. The first-order valence-electron chi connectivity index (χ1n) is 6.85. The zero-order valence-corrected chi connectivity index (χ0v) is 12.1. The van der Waals surface area contributed by atoms with Crippen molar-refractivity contribution >= 4 is 29.4 Å². The SMILES string of the molecule is O=Cc1ccn2c1Cc1ccccc1C=C2c1ccsc1. The summed E-state index contributed by atoms with van der Waals surface area (Å²) in [5.74, 6) is 0. The van der Waals surface area contributed by atoms with Crippen LogP contribution in [0.3, 0.4) is 0 Å². The van der Waals surface area contributed by atoms with Crippen LogP contribution in [-0.2, 0) is 6.42 Å². The third-order valence-electron chi connectivity index (χ3n) is 3.94. The number of benzene rings is 1. The zero-order valence-electron chi connectivity index (χ0n) is 11.3. The summed E-state index contributed by atoms with van der Waals surface area (Å²) in [6, 6.07) is 12.4. The Kier molecular flexibility index (Phi) is 2.86. The number of fused-ring (bicyclic) bond motifs is 2. The number of thiophene rings is 1. The van der Waals surface area contributed by atoms with Crippen molar-refractivity contribution in [2.24, 2.45) is 0 Å². The van der Waals surface area contributed by atoms with Crippen LogP contribution in [0.4, 0.5) is 0 Å². The Hall–Kier alpha value is -2.39. The van der Waals surface area contributed by atoms with E-state index < -0.39 is 0 Å². The topological polar surface area (TPSA) is 22.0 Å². The molecule has 2 nitrogen and oxygen atoms in total. The van der Waals surface area contributed by atoms with Gasteiger partial charge in [-0.25, -0.2) is 0 Å². The molecule has 0 aliphatic carbocycles. The van der Waals surface area contributed by atoms with Crippen molar-refractivity contribution in [2.75, 3.05) is 0 Å². The van der Waals surface area contributed by atoms with Crippen LogP contribution < -0.4 is 0 Å². The first kappa shape index (κ1) is 12.4. The van der Waals surface area contributed by atoms with Gasteiger partial charge in [0.25, 0.3) is 0 Å². The monoisotopic (exact) mass is 291 g/mol. The molecule has 2 aromatic heterocycles. The third-order valence-corrected chi connectivity index (χ3v) is 4.62. The van der Waals surface area contributed by atoms with Crippen LogP contribution in [0.2, 0.25) is 0 Å². The van der Waals surface area contributed by atoms with E-state index in [-0.39, 0.29) is 0 Å². The smallest absolute Gasteiger partial charge is 0.151 e. The maximum atomic E-state index is 11.3. The number of aromatic nitrogens is 1. The molecule has 0 spiro atoms. The molecule has 0 radical (unpaired) electrons. The molecule has 0 amide bonds. The fourth-order valence-electron chi connectivity index (χ4n) is 2.87. The molecule has 0 N–H and O–H groups in total. The molecule has 3 aromatic rings. The summed E-state index contributed by atoms with van der Waals surface area (Å²) in [4.78, 5) is 11.3. The van der Waals surface area contributed by atoms with Crippen molar-refractivity contribution in [1.29, 1.82) is 0 Å². The molecule has 21 heavy (non-hydrogen) atoms. The van der Waals surface area contributed by atoms with Crippen LogP contribution in [0.25, 0.3) is 11.8 Å². The standard InChI is InChI=1S/C18H13NOS/c20-11-15-5-7-19-17(15)9-13-3-1-2-4-14(13)10-18(19)16-6-8-21-12-16/h1-8,10-12H,9H2. The van der Waals surface area contributed by atoms with Gasteiger partial charge in [-0.15, -0.1) is 0 Å². The summed E-state index contributed by atoms with van der Waals surface area (Å²) in [5.41, 5.74) is 6.63. The highest BCUT2D eigenvalue weighted by Gasteiger charge is 2.18. The minimum absolute atomic E-state index is 0.771. The fourth-order valence-corrected chi connectivity index (χ4v) is 3.52. The molecule has 102 valence electrons. The number of rotatable bonds is 2. The Labute approximate surface area is 127 Å². The van der Waals surface area contributed by atoms with Gasteiger partial charge in [-0.2, -0.15) is 11.3 Å². The highest BCUT2D eigenvalue weighted by atomic mass is 32.1. The lowest BCUT2D eigenvalue weighted by Crippen LogP contribution is -2.02. The van der Waals surface area contributed by atoms with Crippen LogP contribution in [0, 0.1) is 0 Å². The average molecular weight is 291 g/mol. The molecular formula is C18H13NOS. The Morgan fingerprint density at radius 1 is 1.14 bits per heavy atom. The Morgan fingerprint density at radius 3 is 2.86 bits per heavy atom. The largest absolute Gasteiger partial charge is 0.319 e. The molecule has 4 rings (SSSR count). The van der Waals surface area contributed by atoms with Crippen molar-refractivity contribution in [3.05, 3.63) is 81.3 Å². The second kappa shape index (κ2) is 4.86. The van der Waals surface area contributed by atoms with E-state index >= 15 is 0 Å². The molecule has 0 atom stereocenters. The highest BCUT2D eigenvalue weighted by Crippen LogP contribution is 2.31. The van der Waals surface area contributed by atoms with Gasteiger partial charge in [0, 0.05) is 34.8 Å². The normalized spacial score (nSPS) is 13.0. The second-order valence-corrected chi connectivity index (χ2v) is 5.90. The lowest BCUT2D eigenvalue weighted by molar-refractivity contribution is 0.112. The van der Waals surface area contributed by atoms with Crippen LogP contribution in [0.5, 0.6) is 0 Å². The number of carbonyl (C=O) groups is 1. The molecular weight excluding hydrogens is 278 g/mol. The van der Waals surface area contributed by atoms with Gasteiger partial charge < -0.3 is 4.57 Å². The van der Waals surface area contributed by atoms with Crippen molar-refractivity contribution in [3.63, 3.8) is 0 Å². The molecule has 0 saturated carbocycles. The van der Waals surface area contributed by atoms with Crippen LogP contribution in [0.15, 0.2) is 53.4 Å². The highest BCUT2D eigenvalue weighted by molar-refractivity contribution is 7.08. The van der Waals surface area contributed by atoms with Gasteiger partial charge in [0.2, 0.25) is 0 Å². The lowest BCUT2D eigenvalue weighted by atomic mass is 10.0. The van der Waals surface area contributed by atoms with E-state index in [2.05, 4.69) is 51.7 Å². The van der Waals surface area contributed by atoms with Gasteiger partial charge in [0.05, 0.1) is 5.70 Å². The van der Waals surface area contributed by atoms with Gasteiger partial charge in [-0.05, 0) is 34.7 Å². The maximum absolute atomic E-state index is 11.3. The van der Waals surface area contributed by atoms with Gasteiger partial charge in [0.15, 0.2) is 6.29 Å². The third kappa shape index (κ3) is 1.98. The minimum Gasteiger partial charge on any atom is -0.319 e. The minimum atomic E-state index is 0.771. The predicted molar refractivity (Wildman–Crippen MR) is 86.7 cm³/mol. The van der Waals surface area contributed by atoms with E-state index in [9.17, 15) is 4.79 Å². The fraction of sp³-hybridized carbons (Fsp3) is 0.0556. The van der Waals surface area contributed by atoms with E-state index in [1.54, 1.807) is 11.3 Å². The maximum Gasteiger partial charge on any atom is 0.151 e. The number of aldehydes is 1. The van der Waals surface area contributed by atoms with Crippen LogP contribution in [0.1, 0.15) is 32.7 Å². The van der Waals surface area contributed by atoms with Gasteiger partial charge in [-0.3, -0.25) is 4.79 Å². The Morgan fingerprint density at radius 2 is 2.05 bits per heavy atom. The average Bonchev–Trinajstić information content (AvgIpc) is 3.14. The van der Waals surface area contributed by atoms with Crippen molar-refractivity contribution in [2.45, 2.75) is 6.42 Å². The van der Waals surface area contributed by atoms with Crippen molar-refractivity contribution < 1.29 is 4.79 Å². The zero-order chi connectivity index (χ0) is 14.2. The summed E-state index contributed by atoms with van der Waals surface area (Å²) < 4.78 is 2.14. The lowest BCUT2D eigenvalue weighted by Gasteiger charge is -2.10. The Balaban J connectivity index is 2.02. The number of nitrogens with zero attached hydrogens (tertiary/aromatic N) is 1. The molecule has 1 aromatic carbocycles. The van der Waals surface area contributed by atoms with E-state index in [1.165, 1.54) is 16.7 Å². The number of carbonyl (C=O) groups excluding carboxylic acids is 1. The first-order chi connectivity index (χ1) is 10.4. The molecule has 0 saturated heterocycles. The summed E-state index contributed by atoms with van der Waals surface area (Å²) >= 11 is 1.68. The van der Waals surface area contributed by atoms with E-state index in [0.29, 0.717) is 0 Å². The summed E-state index contributed by atoms with van der Waals surface area (Å²) in [6.45, 7) is 0. The molecule has 0 unspecified atom stereocenters. The number of hydrogen-bond donors (Lipinski definition) is 0. The second-order valence-electron chi connectivity index (χ2n) is 5.12. The first-order valence-corrected chi connectivity index (χ1v) is 7.79. The van der Waals surface area contributed by atoms with E-state index in [1.807, 2.05) is 12.3 Å². The molecule has 0 bridgehead atoms. The summed E-state index contributed by atoms with van der Waals surface area (Å²) in [7, 11) is 0.